The third-order valence-electron chi connectivity index (χ3n) is 4.93. The van der Waals surface area contributed by atoms with Crippen molar-refractivity contribution in [1.29, 1.82) is 0 Å². The van der Waals surface area contributed by atoms with Crippen molar-refractivity contribution in [2.45, 2.75) is 20.8 Å². The summed E-state index contributed by atoms with van der Waals surface area (Å²) in [5.41, 5.74) is 5.39. The van der Waals surface area contributed by atoms with E-state index < -0.39 is 14.2 Å². The fourth-order valence-electron chi connectivity index (χ4n) is 3.26. The van der Waals surface area contributed by atoms with Gasteiger partial charge in [-0.15, -0.1) is 0 Å². The molecule has 4 rings (SSSR count). The summed E-state index contributed by atoms with van der Waals surface area (Å²) < 4.78 is 30.2. The van der Waals surface area contributed by atoms with Gasteiger partial charge < -0.3 is 0 Å². The minimum absolute atomic E-state index is 0.0451. The molecular weight excluding hydrogens is 449 g/mol. The van der Waals surface area contributed by atoms with Gasteiger partial charge in [-0.25, -0.2) is 0 Å². The molecule has 0 bridgehead atoms. The van der Waals surface area contributed by atoms with Crippen LogP contribution in [0.3, 0.4) is 0 Å². The SMILES string of the molecule is Cc1ccc(-c2c(C)sc3ncnc(Nc4ccc([As](=O)(O)O)cc4)c23)cc1C. The van der Waals surface area contributed by atoms with Crippen LogP contribution in [0.2, 0.25) is 0 Å². The molecule has 0 amide bonds. The van der Waals surface area contributed by atoms with Crippen LogP contribution in [0.15, 0.2) is 48.8 Å². The van der Waals surface area contributed by atoms with Crippen LogP contribution in [0, 0.1) is 20.8 Å². The Balaban J connectivity index is 1.81. The zero-order valence-corrected chi connectivity index (χ0v) is 18.9. The van der Waals surface area contributed by atoms with Crippen LogP contribution in [0.25, 0.3) is 21.3 Å². The molecule has 3 N–H and O–H groups in total. The molecule has 6 nitrogen and oxygen atoms in total. The van der Waals surface area contributed by atoms with Crippen molar-refractivity contribution in [2.75, 3.05) is 5.32 Å². The van der Waals surface area contributed by atoms with Crippen molar-refractivity contribution in [3.63, 3.8) is 0 Å². The second-order valence-electron chi connectivity index (χ2n) is 6.95. The van der Waals surface area contributed by atoms with Crippen LogP contribution in [0.4, 0.5) is 11.5 Å². The van der Waals surface area contributed by atoms with E-state index in [2.05, 4.69) is 54.3 Å². The Bertz CT molecular complexity index is 1260. The van der Waals surface area contributed by atoms with Crippen molar-refractivity contribution >= 4 is 51.6 Å². The number of nitrogens with one attached hydrogen (secondary N) is 1. The number of aryl methyl sites for hydroxylation is 3. The Hall–Kier alpha value is -2.44. The van der Waals surface area contributed by atoms with Crippen molar-refractivity contribution in [1.82, 2.24) is 9.97 Å². The predicted molar refractivity (Wildman–Crippen MR) is 117 cm³/mol. The van der Waals surface area contributed by atoms with E-state index in [0.717, 1.165) is 26.2 Å². The molecule has 8 heteroatoms. The molecule has 0 aliphatic rings. The van der Waals surface area contributed by atoms with Crippen LogP contribution in [-0.2, 0) is 3.74 Å². The van der Waals surface area contributed by atoms with E-state index in [-0.39, 0.29) is 4.35 Å². The fourth-order valence-corrected chi connectivity index (χ4v) is 5.40. The van der Waals surface area contributed by atoms with Gasteiger partial charge in [-0.05, 0) is 6.92 Å². The zero-order valence-electron chi connectivity index (χ0n) is 16.2. The number of nitrogens with zero attached hydrogens (tertiary/aromatic N) is 2. The summed E-state index contributed by atoms with van der Waals surface area (Å²) in [5.74, 6) is 0.668. The number of benzene rings is 2. The first kappa shape index (κ1) is 19.9. The second kappa shape index (κ2) is 7.43. The van der Waals surface area contributed by atoms with Gasteiger partial charge >= 0.3 is 169 Å². The molecule has 0 aliphatic carbocycles. The monoisotopic (exact) mass is 469 g/mol. The Morgan fingerprint density at radius 3 is 2.34 bits per heavy atom. The number of aromatic nitrogens is 2. The Morgan fingerprint density at radius 1 is 0.966 bits per heavy atom. The van der Waals surface area contributed by atoms with Crippen LogP contribution < -0.4 is 9.67 Å². The van der Waals surface area contributed by atoms with Gasteiger partial charge in [0.25, 0.3) is 0 Å². The standard InChI is InChI=1S/C21H20AsN3O3S/c1-12-4-5-15(10-13(12)2)18-14(3)29-21-19(18)20(23-11-24-21)25-17-8-6-16(7-9-17)22(26,27)28/h4-11H,1-3H3,(H,23,24,25)(H2,26,27,28). The molecule has 0 saturated heterocycles. The number of hydrogen-bond donors (Lipinski definition) is 3. The first-order chi connectivity index (χ1) is 13.7. The fraction of sp³-hybridized carbons (Fsp3) is 0.143. The maximum atomic E-state index is 11.4. The number of anilines is 2. The average molecular weight is 469 g/mol. The summed E-state index contributed by atoms with van der Waals surface area (Å²) in [7, 11) is 0. The first-order valence-electron chi connectivity index (χ1n) is 8.99. The van der Waals surface area contributed by atoms with Gasteiger partial charge in [0.15, 0.2) is 0 Å². The summed E-state index contributed by atoms with van der Waals surface area (Å²) in [5, 5.41) is 4.23. The van der Waals surface area contributed by atoms with E-state index in [0.29, 0.717) is 11.5 Å². The molecular formula is C21H20AsN3O3S. The van der Waals surface area contributed by atoms with Crippen molar-refractivity contribution in [2.24, 2.45) is 0 Å². The van der Waals surface area contributed by atoms with Gasteiger partial charge in [-0.1, -0.05) is 0 Å². The summed E-state index contributed by atoms with van der Waals surface area (Å²) in [6.07, 6.45) is 1.53. The van der Waals surface area contributed by atoms with E-state index in [1.165, 1.54) is 29.6 Å². The van der Waals surface area contributed by atoms with Gasteiger partial charge in [-0.2, -0.15) is 0 Å². The van der Waals surface area contributed by atoms with E-state index in [9.17, 15) is 11.9 Å². The summed E-state index contributed by atoms with van der Waals surface area (Å²) >= 11 is -3.27. The molecule has 148 valence electrons. The summed E-state index contributed by atoms with van der Waals surface area (Å²) in [6, 6.07) is 12.6. The van der Waals surface area contributed by atoms with Crippen LogP contribution in [0.5, 0.6) is 0 Å². The van der Waals surface area contributed by atoms with Gasteiger partial charge in [0, 0.05) is 0 Å². The molecule has 2 heterocycles. The van der Waals surface area contributed by atoms with E-state index >= 15 is 0 Å². The van der Waals surface area contributed by atoms with Crippen LogP contribution in [0.1, 0.15) is 16.0 Å². The molecule has 0 fully saturated rings. The Labute approximate surface area is 175 Å². The molecule has 0 atom stereocenters. The molecule has 0 spiro atoms. The number of hydrogen-bond acceptors (Lipinski definition) is 5. The predicted octanol–water partition coefficient (Wildman–Crippen LogP) is 3.59. The van der Waals surface area contributed by atoms with E-state index in [1.807, 2.05) is 0 Å². The average Bonchev–Trinajstić information content (AvgIpc) is 3.01. The molecule has 0 unspecified atom stereocenters. The Morgan fingerprint density at radius 2 is 1.69 bits per heavy atom. The molecule has 0 aliphatic heterocycles. The second-order valence-corrected chi connectivity index (χ2v) is 11.5. The van der Waals surface area contributed by atoms with Crippen molar-refractivity contribution in [3.05, 3.63) is 64.8 Å². The number of thiophene rings is 1. The van der Waals surface area contributed by atoms with Crippen LogP contribution >= 0.6 is 11.3 Å². The summed E-state index contributed by atoms with van der Waals surface area (Å²) in [4.78, 5) is 10.9. The molecule has 4 aromatic rings. The quantitative estimate of drug-likeness (QED) is 0.396. The van der Waals surface area contributed by atoms with Crippen molar-refractivity contribution < 1.29 is 11.9 Å². The Kier molecular flexibility index (Phi) is 5.09. The van der Waals surface area contributed by atoms with E-state index in [1.54, 1.807) is 23.5 Å². The summed E-state index contributed by atoms with van der Waals surface area (Å²) in [6.45, 7) is 6.27. The van der Waals surface area contributed by atoms with Gasteiger partial charge in [0.05, 0.1) is 0 Å². The third-order valence-corrected chi connectivity index (χ3v) is 7.98. The normalized spacial score (nSPS) is 11.8. The van der Waals surface area contributed by atoms with Crippen molar-refractivity contribution in [3.8, 4) is 11.1 Å². The van der Waals surface area contributed by atoms with E-state index in [4.69, 9.17) is 0 Å². The molecule has 29 heavy (non-hydrogen) atoms. The van der Waals surface area contributed by atoms with Gasteiger partial charge in [0.2, 0.25) is 0 Å². The maximum absolute atomic E-state index is 11.4. The van der Waals surface area contributed by atoms with Gasteiger partial charge in [0.1, 0.15) is 0 Å². The minimum atomic E-state index is -4.90. The number of fused-ring (bicyclic) bond motifs is 1. The number of rotatable bonds is 4. The zero-order chi connectivity index (χ0) is 20.8. The van der Waals surface area contributed by atoms with Gasteiger partial charge in [-0.3, -0.25) is 0 Å². The third kappa shape index (κ3) is 3.87. The van der Waals surface area contributed by atoms with Crippen LogP contribution in [-0.4, -0.2) is 32.3 Å². The molecule has 0 radical (unpaired) electrons. The molecule has 2 aromatic heterocycles. The molecule has 0 saturated carbocycles. The molecule has 2 aromatic carbocycles. The topological polar surface area (TPSA) is 95.3 Å². The first-order valence-corrected chi connectivity index (χ1v) is 13.2.